The van der Waals surface area contributed by atoms with E-state index in [1.165, 1.54) is 26.4 Å². The van der Waals surface area contributed by atoms with Crippen LogP contribution in [0.25, 0.3) is 0 Å². The first-order valence-electron chi connectivity index (χ1n) is 10.2. The van der Waals surface area contributed by atoms with Crippen molar-refractivity contribution >= 4 is 34.8 Å². The molecular weight excluding hydrogens is 402 g/mol. The van der Waals surface area contributed by atoms with E-state index in [4.69, 9.17) is 16.3 Å². The number of anilines is 2. The highest BCUT2D eigenvalue weighted by Gasteiger charge is 2.17. The maximum Gasteiger partial charge on any atom is 0.251 e. The second-order valence-electron chi connectivity index (χ2n) is 7.58. The zero-order valence-electron chi connectivity index (χ0n) is 17.4. The van der Waals surface area contributed by atoms with Crippen molar-refractivity contribution in [2.24, 2.45) is 0 Å². The van der Waals surface area contributed by atoms with Crippen LogP contribution in [0.5, 0.6) is 5.75 Å². The summed E-state index contributed by atoms with van der Waals surface area (Å²) < 4.78 is 5.24. The Balaban J connectivity index is 1.56. The summed E-state index contributed by atoms with van der Waals surface area (Å²) in [5.41, 5.74) is 2.86. The van der Waals surface area contributed by atoms with Gasteiger partial charge in [-0.25, -0.2) is 0 Å². The summed E-state index contributed by atoms with van der Waals surface area (Å²) in [7, 11) is 1.53. The van der Waals surface area contributed by atoms with Gasteiger partial charge in [0.2, 0.25) is 5.91 Å². The van der Waals surface area contributed by atoms with Crippen LogP contribution < -0.4 is 20.7 Å². The summed E-state index contributed by atoms with van der Waals surface area (Å²) in [4.78, 5) is 24.9. The van der Waals surface area contributed by atoms with Crippen molar-refractivity contribution in [3.05, 3.63) is 52.5 Å². The Hall–Kier alpha value is -2.73. The average Bonchev–Trinajstić information content (AvgIpc) is 2.73. The molecule has 0 aromatic heterocycles. The molecule has 30 heavy (non-hydrogen) atoms. The molecule has 1 aliphatic rings. The lowest BCUT2D eigenvalue weighted by molar-refractivity contribution is -0.114. The van der Waals surface area contributed by atoms with Crippen molar-refractivity contribution < 1.29 is 14.3 Å². The van der Waals surface area contributed by atoms with Crippen LogP contribution in [0.2, 0.25) is 5.02 Å². The molecule has 0 saturated heterocycles. The van der Waals surface area contributed by atoms with Gasteiger partial charge in [-0.1, -0.05) is 30.9 Å². The number of hydrogen-bond acceptors (Lipinski definition) is 4. The fourth-order valence-electron chi connectivity index (χ4n) is 3.67. The van der Waals surface area contributed by atoms with Crippen LogP contribution in [0.4, 0.5) is 11.4 Å². The summed E-state index contributed by atoms with van der Waals surface area (Å²) in [5, 5.41) is 9.55. The molecule has 2 amide bonds. The van der Waals surface area contributed by atoms with Gasteiger partial charge in [0.25, 0.3) is 5.91 Å². The van der Waals surface area contributed by atoms with Crippen LogP contribution in [0.15, 0.2) is 36.4 Å². The predicted molar refractivity (Wildman–Crippen MR) is 121 cm³/mol. The molecular formula is C23H28ClN3O3. The monoisotopic (exact) mass is 429 g/mol. The minimum Gasteiger partial charge on any atom is -0.495 e. The number of amides is 2. The molecule has 0 heterocycles. The molecule has 1 fully saturated rings. The smallest absolute Gasteiger partial charge is 0.251 e. The van der Waals surface area contributed by atoms with Gasteiger partial charge in [-0.2, -0.15) is 0 Å². The molecule has 2 aromatic carbocycles. The van der Waals surface area contributed by atoms with E-state index < -0.39 is 0 Å². The zero-order chi connectivity index (χ0) is 21.5. The molecule has 3 N–H and O–H groups in total. The van der Waals surface area contributed by atoms with Gasteiger partial charge < -0.3 is 20.7 Å². The van der Waals surface area contributed by atoms with E-state index in [1.807, 2.05) is 19.1 Å². The number of aryl methyl sites for hydroxylation is 1. The van der Waals surface area contributed by atoms with Crippen molar-refractivity contribution in [3.8, 4) is 5.75 Å². The van der Waals surface area contributed by atoms with Gasteiger partial charge in [-0.3, -0.25) is 9.59 Å². The third kappa shape index (κ3) is 5.89. The van der Waals surface area contributed by atoms with Gasteiger partial charge in [0.1, 0.15) is 5.75 Å². The van der Waals surface area contributed by atoms with Crippen molar-refractivity contribution in [1.82, 2.24) is 5.32 Å². The van der Waals surface area contributed by atoms with Crippen LogP contribution in [0.3, 0.4) is 0 Å². The number of benzene rings is 2. The number of hydrogen-bond donors (Lipinski definition) is 3. The topological polar surface area (TPSA) is 79.5 Å². The lowest BCUT2D eigenvalue weighted by Gasteiger charge is -2.23. The molecule has 0 spiro atoms. The number of carbonyl (C=O) groups excluding carboxylic acids is 2. The molecule has 0 bridgehead atoms. The fraction of sp³-hybridized carbons (Fsp3) is 0.391. The van der Waals surface area contributed by atoms with Crippen LogP contribution in [-0.4, -0.2) is 31.5 Å². The van der Waals surface area contributed by atoms with Gasteiger partial charge >= 0.3 is 0 Å². The van der Waals surface area contributed by atoms with Gasteiger partial charge in [-0.15, -0.1) is 0 Å². The molecule has 1 saturated carbocycles. The minimum absolute atomic E-state index is 0.0395. The van der Waals surface area contributed by atoms with E-state index in [0.717, 1.165) is 24.1 Å². The summed E-state index contributed by atoms with van der Waals surface area (Å²) in [6.07, 6.45) is 5.71. The second-order valence-corrected chi connectivity index (χ2v) is 8.02. The maximum absolute atomic E-state index is 12.5. The van der Waals surface area contributed by atoms with Crippen LogP contribution >= 0.6 is 11.6 Å². The van der Waals surface area contributed by atoms with Crippen molar-refractivity contribution in [3.63, 3.8) is 0 Å². The van der Waals surface area contributed by atoms with Crippen LogP contribution in [0.1, 0.15) is 48.0 Å². The molecule has 3 rings (SSSR count). The molecule has 0 aliphatic heterocycles. The molecule has 0 atom stereocenters. The molecule has 1 aliphatic carbocycles. The number of rotatable bonds is 7. The molecule has 160 valence electrons. The Morgan fingerprint density at radius 2 is 1.83 bits per heavy atom. The number of carbonyl (C=O) groups is 2. The first-order chi connectivity index (χ1) is 14.5. The van der Waals surface area contributed by atoms with Crippen molar-refractivity contribution in [1.29, 1.82) is 0 Å². The minimum atomic E-state index is -0.228. The van der Waals surface area contributed by atoms with Gasteiger partial charge in [0.05, 0.1) is 19.3 Å². The Kier molecular flexibility index (Phi) is 7.57. The average molecular weight is 430 g/mol. The maximum atomic E-state index is 12.5. The highest BCUT2D eigenvalue weighted by molar-refractivity contribution is 6.31. The Morgan fingerprint density at radius 1 is 1.07 bits per heavy atom. The predicted octanol–water partition coefficient (Wildman–Crippen LogP) is 4.77. The highest BCUT2D eigenvalue weighted by Crippen LogP contribution is 2.27. The lowest BCUT2D eigenvalue weighted by atomic mass is 9.95. The molecule has 6 nitrogen and oxygen atoms in total. The Morgan fingerprint density at radius 3 is 2.53 bits per heavy atom. The van der Waals surface area contributed by atoms with Gasteiger partial charge in [0.15, 0.2) is 0 Å². The van der Waals surface area contributed by atoms with Crippen molar-refractivity contribution in [2.75, 3.05) is 24.3 Å². The van der Waals surface area contributed by atoms with Gasteiger partial charge in [-0.05, 0) is 61.7 Å². The summed E-state index contributed by atoms with van der Waals surface area (Å²) in [5.74, 6) is 0.272. The van der Waals surface area contributed by atoms with Gasteiger partial charge in [0, 0.05) is 22.3 Å². The second kappa shape index (κ2) is 10.3. The first kappa shape index (κ1) is 22.0. The van der Waals surface area contributed by atoms with E-state index in [1.54, 1.807) is 24.3 Å². The molecule has 7 heteroatoms. The number of halogens is 1. The molecule has 0 unspecified atom stereocenters. The van der Waals surface area contributed by atoms with E-state index in [0.29, 0.717) is 22.0 Å². The van der Waals surface area contributed by atoms with E-state index in [9.17, 15) is 9.59 Å². The zero-order valence-corrected chi connectivity index (χ0v) is 18.1. The number of ether oxygens (including phenoxy) is 1. The van der Waals surface area contributed by atoms with Crippen LogP contribution in [0, 0.1) is 6.92 Å². The lowest BCUT2D eigenvalue weighted by Crippen LogP contribution is -2.36. The standard InChI is InChI=1S/C23H28ClN3O3/c1-15-12-16(23(29)26-18-6-4-3-5-7-18)8-10-19(15)25-14-22(28)27-20-13-17(24)9-11-21(20)30-2/h8-13,18,25H,3-7,14H2,1-2H3,(H,26,29)(H,27,28). The quantitative estimate of drug-likeness (QED) is 0.592. The fourth-order valence-corrected chi connectivity index (χ4v) is 3.84. The third-order valence-corrected chi connectivity index (χ3v) is 5.54. The Bertz CT molecular complexity index is 911. The van der Waals surface area contributed by atoms with E-state index in [2.05, 4.69) is 16.0 Å². The summed E-state index contributed by atoms with van der Waals surface area (Å²) >= 11 is 6.00. The van der Waals surface area contributed by atoms with E-state index >= 15 is 0 Å². The summed E-state index contributed by atoms with van der Waals surface area (Å²) in [6, 6.07) is 10.8. The first-order valence-corrected chi connectivity index (χ1v) is 10.6. The SMILES string of the molecule is COc1ccc(Cl)cc1NC(=O)CNc1ccc(C(=O)NC2CCCCC2)cc1C. The third-order valence-electron chi connectivity index (χ3n) is 5.30. The molecule has 0 radical (unpaired) electrons. The normalized spacial score (nSPS) is 14.1. The highest BCUT2D eigenvalue weighted by atomic mass is 35.5. The Labute approximate surface area is 182 Å². The summed E-state index contributed by atoms with van der Waals surface area (Å²) in [6.45, 7) is 1.99. The van der Waals surface area contributed by atoms with Crippen molar-refractivity contribution in [2.45, 2.75) is 45.1 Å². The molecule has 2 aromatic rings. The van der Waals surface area contributed by atoms with Crippen LogP contribution in [-0.2, 0) is 4.79 Å². The largest absolute Gasteiger partial charge is 0.495 e. The number of nitrogens with one attached hydrogen (secondary N) is 3. The number of methoxy groups -OCH3 is 1. The van der Waals surface area contributed by atoms with E-state index in [-0.39, 0.29) is 24.4 Å².